The van der Waals surface area contributed by atoms with Crippen molar-refractivity contribution in [3.63, 3.8) is 0 Å². The topological polar surface area (TPSA) is 41.6 Å². The van der Waals surface area contributed by atoms with Gasteiger partial charge in [-0.1, -0.05) is 26.2 Å². The average molecular weight is 339 g/mol. The molecule has 4 heteroatoms. The van der Waals surface area contributed by atoms with Gasteiger partial charge in [0.25, 0.3) is 0 Å². The quantitative estimate of drug-likeness (QED) is 0.788. The summed E-state index contributed by atoms with van der Waals surface area (Å²) in [6.45, 7) is 9.86. The molecule has 24 heavy (non-hydrogen) atoms. The van der Waals surface area contributed by atoms with E-state index in [1.165, 1.54) is 44.9 Å². The number of nitrogens with one attached hydrogen (secondary N) is 1. The van der Waals surface area contributed by atoms with Crippen LogP contribution in [0.4, 0.5) is 4.79 Å². The molecule has 2 aliphatic rings. The van der Waals surface area contributed by atoms with Gasteiger partial charge in [0.2, 0.25) is 0 Å². The van der Waals surface area contributed by atoms with E-state index in [4.69, 9.17) is 4.74 Å². The zero-order chi connectivity index (χ0) is 17.6. The minimum absolute atomic E-state index is 0.139. The van der Waals surface area contributed by atoms with E-state index in [2.05, 4.69) is 12.2 Å². The van der Waals surface area contributed by atoms with Gasteiger partial charge in [-0.25, -0.2) is 4.79 Å². The van der Waals surface area contributed by atoms with Crippen molar-refractivity contribution in [3.8, 4) is 0 Å². The molecule has 2 fully saturated rings. The maximum absolute atomic E-state index is 12.5. The largest absolute Gasteiger partial charge is 0.444 e. The molecular weight excluding hydrogens is 300 g/mol. The van der Waals surface area contributed by atoms with E-state index in [-0.39, 0.29) is 12.1 Å². The van der Waals surface area contributed by atoms with E-state index in [9.17, 15) is 4.79 Å². The van der Waals surface area contributed by atoms with Crippen LogP contribution in [-0.4, -0.2) is 41.8 Å². The molecule has 140 valence electrons. The van der Waals surface area contributed by atoms with E-state index in [1.54, 1.807) is 0 Å². The lowest BCUT2D eigenvalue weighted by Crippen LogP contribution is -2.52. The molecule has 2 atom stereocenters. The van der Waals surface area contributed by atoms with E-state index in [0.717, 1.165) is 31.8 Å². The number of amides is 1. The Balaban J connectivity index is 1.88. The first-order valence-electron chi connectivity index (χ1n) is 10.1. The van der Waals surface area contributed by atoms with Crippen LogP contribution in [0.2, 0.25) is 0 Å². The van der Waals surface area contributed by atoms with Crippen molar-refractivity contribution in [2.24, 2.45) is 5.92 Å². The number of carbonyl (C=O) groups is 1. The van der Waals surface area contributed by atoms with Gasteiger partial charge in [0.15, 0.2) is 0 Å². The SMILES string of the molecule is CCC(NCC1CCCCN1C(=O)OC(C)(C)C)C1CCCCC1. The number of ether oxygens (including phenoxy) is 1. The Kier molecular flexibility index (Phi) is 7.39. The molecule has 0 aromatic heterocycles. The molecule has 0 radical (unpaired) electrons. The third-order valence-corrected chi connectivity index (χ3v) is 5.53. The number of rotatable bonds is 5. The van der Waals surface area contributed by atoms with Crippen LogP contribution in [0.15, 0.2) is 0 Å². The highest BCUT2D eigenvalue weighted by molar-refractivity contribution is 5.68. The van der Waals surface area contributed by atoms with Crippen LogP contribution in [0.5, 0.6) is 0 Å². The van der Waals surface area contributed by atoms with Crippen molar-refractivity contribution >= 4 is 6.09 Å². The molecule has 1 aliphatic carbocycles. The molecule has 0 spiro atoms. The van der Waals surface area contributed by atoms with Gasteiger partial charge in [0.05, 0.1) is 0 Å². The molecule has 1 heterocycles. The Labute approximate surface area is 148 Å². The first-order chi connectivity index (χ1) is 11.4. The second kappa shape index (κ2) is 9.07. The summed E-state index contributed by atoms with van der Waals surface area (Å²) in [4.78, 5) is 14.5. The van der Waals surface area contributed by atoms with Gasteiger partial charge in [-0.2, -0.15) is 0 Å². The summed E-state index contributed by atoms with van der Waals surface area (Å²) < 4.78 is 5.62. The van der Waals surface area contributed by atoms with Crippen molar-refractivity contribution in [3.05, 3.63) is 0 Å². The molecule has 1 saturated carbocycles. The van der Waals surface area contributed by atoms with Crippen molar-refractivity contribution in [2.45, 2.75) is 103 Å². The summed E-state index contributed by atoms with van der Waals surface area (Å²) in [6, 6.07) is 0.888. The molecule has 1 saturated heterocycles. The highest BCUT2D eigenvalue weighted by Crippen LogP contribution is 2.28. The smallest absolute Gasteiger partial charge is 0.410 e. The van der Waals surface area contributed by atoms with Gasteiger partial charge in [0, 0.05) is 25.2 Å². The summed E-state index contributed by atoms with van der Waals surface area (Å²) in [5, 5.41) is 3.81. The molecule has 1 amide bonds. The monoisotopic (exact) mass is 338 g/mol. The number of likely N-dealkylation sites (tertiary alicyclic amines) is 1. The van der Waals surface area contributed by atoms with Gasteiger partial charge in [0.1, 0.15) is 5.60 Å². The van der Waals surface area contributed by atoms with E-state index in [0.29, 0.717) is 6.04 Å². The van der Waals surface area contributed by atoms with Crippen LogP contribution in [0.25, 0.3) is 0 Å². The van der Waals surface area contributed by atoms with E-state index < -0.39 is 5.60 Å². The van der Waals surface area contributed by atoms with E-state index >= 15 is 0 Å². The Bertz CT molecular complexity index is 386. The maximum atomic E-state index is 12.5. The maximum Gasteiger partial charge on any atom is 0.410 e. The summed E-state index contributed by atoms with van der Waals surface area (Å²) in [5.74, 6) is 0.822. The Morgan fingerprint density at radius 2 is 1.79 bits per heavy atom. The van der Waals surface area contributed by atoms with Crippen LogP contribution < -0.4 is 5.32 Å². The van der Waals surface area contributed by atoms with Crippen LogP contribution in [0, 0.1) is 5.92 Å². The number of nitrogens with zero attached hydrogens (tertiary/aromatic N) is 1. The molecule has 1 aliphatic heterocycles. The summed E-state index contributed by atoms with van der Waals surface area (Å²) in [6.07, 6.45) is 11.4. The second-order valence-electron chi connectivity index (χ2n) is 8.64. The molecule has 0 bridgehead atoms. The fourth-order valence-electron chi connectivity index (χ4n) is 4.24. The van der Waals surface area contributed by atoms with Gasteiger partial charge < -0.3 is 15.0 Å². The molecule has 2 rings (SSSR count). The fourth-order valence-corrected chi connectivity index (χ4v) is 4.24. The minimum atomic E-state index is -0.416. The Hall–Kier alpha value is -0.770. The second-order valence-corrected chi connectivity index (χ2v) is 8.64. The molecule has 0 aromatic carbocycles. The Morgan fingerprint density at radius 1 is 1.12 bits per heavy atom. The van der Waals surface area contributed by atoms with Crippen LogP contribution in [-0.2, 0) is 4.74 Å². The predicted molar refractivity (Wildman–Crippen MR) is 99.2 cm³/mol. The zero-order valence-corrected chi connectivity index (χ0v) is 16.3. The van der Waals surface area contributed by atoms with Crippen LogP contribution >= 0.6 is 0 Å². The summed E-state index contributed by atoms with van der Waals surface area (Å²) in [7, 11) is 0. The molecule has 2 unspecified atom stereocenters. The van der Waals surface area contributed by atoms with Crippen LogP contribution in [0.1, 0.15) is 85.5 Å². The first kappa shape index (κ1) is 19.6. The third kappa shape index (κ3) is 5.94. The van der Waals surface area contributed by atoms with Crippen LogP contribution in [0.3, 0.4) is 0 Å². The third-order valence-electron chi connectivity index (χ3n) is 5.53. The van der Waals surface area contributed by atoms with Gasteiger partial charge in [-0.15, -0.1) is 0 Å². The fraction of sp³-hybridized carbons (Fsp3) is 0.950. The van der Waals surface area contributed by atoms with Crippen molar-refractivity contribution < 1.29 is 9.53 Å². The number of hydrogen-bond acceptors (Lipinski definition) is 3. The lowest BCUT2D eigenvalue weighted by molar-refractivity contribution is 0.00933. The van der Waals surface area contributed by atoms with Crippen molar-refractivity contribution in [1.82, 2.24) is 10.2 Å². The van der Waals surface area contributed by atoms with Gasteiger partial charge in [-0.05, 0) is 65.2 Å². The number of carbonyl (C=O) groups excluding carboxylic acids is 1. The van der Waals surface area contributed by atoms with E-state index in [1.807, 2.05) is 25.7 Å². The predicted octanol–water partition coefficient (Wildman–Crippen LogP) is 4.72. The summed E-state index contributed by atoms with van der Waals surface area (Å²) in [5.41, 5.74) is -0.416. The highest BCUT2D eigenvalue weighted by atomic mass is 16.6. The van der Waals surface area contributed by atoms with Crippen molar-refractivity contribution in [1.29, 1.82) is 0 Å². The minimum Gasteiger partial charge on any atom is -0.444 e. The van der Waals surface area contributed by atoms with Gasteiger partial charge in [-0.3, -0.25) is 0 Å². The lowest BCUT2D eigenvalue weighted by Gasteiger charge is -2.38. The number of piperidine rings is 1. The molecule has 4 nitrogen and oxygen atoms in total. The summed E-state index contributed by atoms with van der Waals surface area (Å²) >= 11 is 0. The Morgan fingerprint density at radius 3 is 2.42 bits per heavy atom. The molecule has 1 N–H and O–H groups in total. The highest BCUT2D eigenvalue weighted by Gasteiger charge is 2.31. The molecular formula is C20H38N2O2. The molecule has 0 aromatic rings. The van der Waals surface area contributed by atoms with Crippen molar-refractivity contribution in [2.75, 3.05) is 13.1 Å². The first-order valence-corrected chi connectivity index (χ1v) is 10.1. The normalized spacial score (nSPS) is 24.7. The number of hydrogen-bond donors (Lipinski definition) is 1. The van der Waals surface area contributed by atoms with Gasteiger partial charge >= 0.3 is 6.09 Å². The average Bonchev–Trinajstić information content (AvgIpc) is 2.55. The standard InChI is InChI=1S/C20H38N2O2/c1-5-18(16-11-7-6-8-12-16)21-15-17-13-9-10-14-22(17)19(23)24-20(2,3)4/h16-18,21H,5-15H2,1-4H3. The zero-order valence-electron chi connectivity index (χ0n) is 16.3. The lowest BCUT2D eigenvalue weighted by atomic mass is 9.83.